The normalized spacial score (nSPS) is 27.7. The smallest absolute Gasteiger partial charge is 0.0949 e. The first-order valence-corrected chi connectivity index (χ1v) is 7.74. The fourth-order valence-corrected chi connectivity index (χ4v) is 4.28. The SMILES string of the molecule is O=S(NC1CCCCC1)C1CCCCC1. The third-order valence-electron chi connectivity index (χ3n) is 3.74. The van der Waals surface area contributed by atoms with E-state index in [1.54, 1.807) is 0 Å². The van der Waals surface area contributed by atoms with E-state index in [2.05, 4.69) is 4.72 Å². The summed E-state index contributed by atoms with van der Waals surface area (Å²) in [5, 5.41) is 0.445. The van der Waals surface area contributed by atoms with Crippen LogP contribution in [0.4, 0.5) is 0 Å². The van der Waals surface area contributed by atoms with Crippen molar-refractivity contribution < 1.29 is 4.21 Å². The van der Waals surface area contributed by atoms with E-state index < -0.39 is 11.0 Å². The van der Waals surface area contributed by atoms with Gasteiger partial charge in [0.1, 0.15) is 0 Å². The van der Waals surface area contributed by atoms with E-state index in [1.165, 1.54) is 64.2 Å². The fourth-order valence-electron chi connectivity index (χ4n) is 2.76. The first-order chi connectivity index (χ1) is 7.36. The molecule has 0 heterocycles. The summed E-state index contributed by atoms with van der Waals surface area (Å²) in [5.74, 6) is 0. The molecule has 2 fully saturated rings. The molecule has 0 radical (unpaired) electrons. The second-order valence-electron chi connectivity index (χ2n) is 5.01. The average molecular weight is 229 g/mol. The zero-order chi connectivity index (χ0) is 10.5. The van der Waals surface area contributed by atoms with E-state index in [4.69, 9.17) is 0 Å². The predicted molar refractivity (Wildman–Crippen MR) is 65.0 cm³/mol. The Morgan fingerprint density at radius 3 is 1.93 bits per heavy atom. The van der Waals surface area contributed by atoms with Gasteiger partial charge in [-0.25, -0.2) is 8.93 Å². The summed E-state index contributed by atoms with van der Waals surface area (Å²) in [6.45, 7) is 0. The van der Waals surface area contributed by atoms with Crippen molar-refractivity contribution >= 4 is 11.0 Å². The molecule has 2 aliphatic carbocycles. The summed E-state index contributed by atoms with van der Waals surface area (Å²) in [4.78, 5) is 0. The molecule has 15 heavy (non-hydrogen) atoms. The lowest BCUT2D eigenvalue weighted by atomic mass is 9.96. The van der Waals surface area contributed by atoms with Gasteiger partial charge in [0.15, 0.2) is 0 Å². The second-order valence-corrected chi connectivity index (χ2v) is 6.51. The van der Waals surface area contributed by atoms with Crippen LogP contribution in [0.1, 0.15) is 64.2 Å². The predicted octanol–water partition coefficient (Wildman–Crippen LogP) is 2.91. The van der Waals surface area contributed by atoms with Crippen molar-refractivity contribution in [3.05, 3.63) is 0 Å². The van der Waals surface area contributed by atoms with Gasteiger partial charge >= 0.3 is 0 Å². The summed E-state index contributed by atoms with van der Waals surface area (Å²) in [7, 11) is -0.754. The van der Waals surface area contributed by atoms with Crippen LogP contribution >= 0.6 is 0 Å². The molecule has 2 saturated carbocycles. The summed E-state index contributed by atoms with van der Waals surface area (Å²) >= 11 is 0. The van der Waals surface area contributed by atoms with Crippen molar-refractivity contribution in [1.29, 1.82) is 0 Å². The zero-order valence-electron chi connectivity index (χ0n) is 9.54. The minimum atomic E-state index is -0.754. The minimum absolute atomic E-state index is 0.445. The van der Waals surface area contributed by atoms with Crippen molar-refractivity contribution in [2.45, 2.75) is 75.5 Å². The molecule has 0 aliphatic heterocycles. The maximum Gasteiger partial charge on any atom is 0.0949 e. The molecule has 88 valence electrons. The van der Waals surface area contributed by atoms with Crippen LogP contribution in [-0.4, -0.2) is 15.5 Å². The molecule has 3 heteroatoms. The van der Waals surface area contributed by atoms with Crippen LogP contribution in [-0.2, 0) is 11.0 Å². The molecule has 0 bridgehead atoms. The van der Waals surface area contributed by atoms with Gasteiger partial charge in [0.05, 0.1) is 11.0 Å². The number of rotatable bonds is 3. The molecule has 0 aromatic rings. The number of nitrogens with one attached hydrogen (secondary N) is 1. The summed E-state index contributed by atoms with van der Waals surface area (Å²) in [6.07, 6.45) is 12.7. The standard InChI is InChI=1S/C12H23NOS/c14-15(12-9-5-2-6-10-12)13-11-7-3-1-4-8-11/h11-13H,1-10H2. The lowest BCUT2D eigenvalue weighted by Crippen LogP contribution is -2.38. The van der Waals surface area contributed by atoms with E-state index in [0.717, 1.165) is 0 Å². The molecule has 0 spiro atoms. The van der Waals surface area contributed by atoms with Gasteiger partial charge < -0.3 is 0 Å². The topological polar surface area (TPSA) is 29.1 Å². The van der Waals surface area contributed by atoms with E-state index in [-0.39, 0.29) is 0 Å². The van der Waals surface area contributed by atoms with Crippen molar-refractivity contribution in [3.8, 4) is 0 Å². The van der Waals surface area contributed by atoms with Gasteiger partial charge in [-0.3, -0.25) is 0 Å². The minimum Gasteiger partial charge on any atom is -0.243 e. The largest absolute Gasteiger partial charge is 0.243 e. The Labute approximate surface area is 95.8 Å². The van der Waals surface area contributed by atoms with Crippen molar-refractivity contribution in [1.82, 2.24) is 4.72 Å². The van der Waals surface area contributed by atoms with Gasteiger partial charge in [-0.05, 0) is 25.7 Å². The Morgan fingerprint density at radius 1 is 0.800 bits per heavy atom. The van der Waals surface area contributed by atoms with Crippen LogP contribution in [0.25, 0.3) is 0 Å². The van der Waals surface area contributed by atoms with Crippen LogP contribution < -0.4 is 4.72 Å². The molecule has 2 nitrogen and oxygen atoms in total. The molecule has 0 saturated heterocycles. The average Bonchev–Trinajstić information content (AvgIpc) is 2.31. The maximum atomic E-state index is 12.1. The molecule has 0 amide bonds. The van der Waals surface area contributed by atoms with Crippen LogP contribution in [0.5, 0.6) is 0 Å². The highest BCUT2D eigenvalue weighted by atomic mass is 32.2. The van der Waals surface area contributed by atoms with Crippen molar-refractivity contribution in [2.24, 2.45) is 0 Å². The van der Waals surface area contributed by atoms with E-state index in [0.29, 0.717) is 11.3 Å². The van der Waals surface area contributed by atoms with Gasteiger partial charge in [0.25, 0.3) is 0 Å². The van der Waals surface area contributed by atoms with Crippen molar-refractivity contribution in [2.75, 3.05) is 0 Å². The highest BCUT2D eigenvalue weighted by molar-refractivity contribution is 7.83. The summed E-state index contributed by atoms with van der Waals surface area (Å²) in [6, 6.07) is 0.543. The third-order valence-corrected chi connectivity index (χ3v) is 5.39. The van der Waals surface area contributed by atoms with Crippen LogP contribution in [0, 0.1) is 0 Å². The summed E-state index contributed by atoms with van der Waals surface area (Å²) in [5.41, 5.74) is 0. The lowest BCUT2D eigenvalue weighted by Gasteiger charge is -2.26. The first-order valence-electron chi connectivity index (χ1n) is 6.53. The van der Waals surface area contributed by atoms with Crippen molar-refractivity contribution in [3.63, 3.8) is 0 Å². The Hall–Kier alpha value is 0.110. The fraction of sp³-hybridized carbons (Fsp3) is 1.00. The Balaban J connectivity index is 1.74. The van der Waals surface area contributed by atoms with E-state index >= 15 is 0 Å². The molecule has 1 unspecified atom stereocenters. The molecule has 1 N–H and O–H groups in total. The third kappa shape index (κ3) is 3.56. The van der Waals surface area contributed by atoms with Crippen LogP contribution in [0.2, 0.25) is 0 Å². The molecule has 2 aliphatic rings. The van der Waals surface area contributed by atoms with Crippen LogP contribution in [0.3, 0.4) is 0 Å². The Bertz CT molecular complexity index is 208. The molecule has 0 aromatic heterocycles. The highest BCUT2D eigenvalue weighted by Gasteiger charge is 2.23. The quantitative estimate of drug-likeness (QED) is 0.792. The Kier molecular flexibility index (Phi) is 4.63. The Morgan fingerprint density at radius 2 is 1.33 bits per heavy atom. The molecule has 0 aromatic carbocycles. The zero-order valence-corrected chi connectivity index (χ0v) is 10.4. The number of hydrogen-bond acceptors (Lipinski definition) is 1. The molecular formula is C12H23NOS. The lowest BCUT2D eigenvalue weighted by molar-refractivity contribution is 0.414. The second kappa shape index (κ2) is 6.00. The molecule has 2 rings (SSSR count). The van der Waals surface area contributed by atoms with Gasteiger partial charge in [-0.2, -0.15) is 0 Å². The maximum absolute atomic E-state index is 12.1. The first kappa shape index (κ1) is 11.6. The molecular weight excluding hydrogens is 206 g/mol. The van der Waals surface area contributed by atoms with E-state index in [9.17, 15) is 4.21 Å². The summed E-state index contributed by atoms with van der Waals surface area (Å²) < 4.78 is 15.4. The molecule has 1 atom stereocenters. The van der Waals surface area contributed by atoms with Gasteiger partial charge in [0, 0.05) is 11.3 Å². The van der Waals surface area contributed by atoms with Gasteiger partial charge in [-0.15, -0.1) is 0 Å². The van der Waals surface area contributed by atoms with E-state index in [1.807, 2.05) is 0 Å². The number of hydrogen-bond donors (Lipinski definition) is 1. The van der Waals surface area contributed by atoms with Gasteiger partial charge in [0.2, 0.25) is 0 Å². The monoisotopic (exact) mass is 229 g/mol. The van der Waals surface area contributed by atoms with Gasteiger partial charge in [-0.1, -0.05) is 38.5 Å². The highest BCUT2D eigenvalue weighted by Crippen LogP contribution is 2.23. The van der Waals surface area contributed by atoms with Crippen LogP contribution in [0.15, 0.2) is 0 Å².